The zero-order valence-corrected chi connectivity index (χ0v) is 10.5. The molecule has 0 saturated carbocycles. The minimum Gasteiger partial charge on any atom is -0.330 e. The molecule has 0 unspecified atom stereocenters. The molecular formula is C15H19N3. The van der Waals surface area contributed by atoms with Crippen molar-refractivity contribution in [1.82, 2.24) is 9.88 Å². The van der Waals surface area contributed by atoms with Crippen LogP contribution in [0.3, 0.4) is 0 Å². The molecule has 2 aromatic rings. The highest BCUT2D eigenvalue weighted by molar-refractivity contribution is 5.81. The maximum atomic E-state index is 5.74. The highest BCUT2D eigenvalue weighted by atomic mass is 15.1. The zero-order valence-electron chi connectivity index (χ0n) is 10.5. The van der Waals surface area contributed by atoms with Crippen LogP contribution in [0.1, 0.15) is 12.0 Å². The average molecular weight is 241 g/mol. The number of pyridine rings is 1. The fourth-order valence-corrected chi connectivity index (χ4v) is 2.78. The topological polar surface area (TPSA) is 42.1 Å². The number of hydrogen-bond donors (Lipinski definition) is 1. The molecule has 2 heterocycles. The molecule has 3 rings (SSSR count). The summed E-state index contributed by atoms with van der Waals surface area (Å²) < 4.78 is 0. The molecule has 2 N–H and O–H groups in total. The largest absolute Gasteiger partial charge is 0.330 e. The first-order chi connectivity index (χ1) is 8.86. The number of aromatic nitrogens is 1. The fraction of sp³-hybridized carbons (Fsp3) is 0.400. The molecule has 0 radical (unpaired) electrons. The van der Waals surface area contributed by atoms with E-state index < -0.39 is 0 Å². The standard InChI is InChI=1S/C15H19N3/c16-9-12-6-8-18(10-12)11-13-5-7-17-15-4-2-1-3-14(13)15/h1-5,7,12H,6,8-11,16H2/t12-/m0/s1. The van der Waals surface area contributed by atoms with Gasteiger partial charge < -0.3 is 5.73 Å². The summed E-state index contributed by atoms with van der Waals surface area (Å²) in [4.78, 5) is 6.91. The minimum absolute atomic E-state index is 0.679. The monoisotopic (exact) mass is 241 g/mol. The molecule has 0 aliphatic carbocycles. The molecule has 1 atom stereocenters. The van der Waals surface area contributed by atoms with Crippen molar-refractivity contribution in [3.63, 3.8) is 0 Å². The molecule has 18 heavy (non-hydrogen) atoms. The van der Waals surface area contributed by atoms with Crippen LogP contribution >= 0.6 is 0 Å². The molecule has 0 amide bonds. The van der Waals surface area contributed by atoms with E-state index in [0.29, 0.717) is 5.92 Å². The van der Waals surface area contributed by atoms with Crippen molar-refractivity contribution in [1.29, 1.82) is 0 Å². The van der Waals surface area contributed by atoms with Crippen LogP contribution < -0.4 is 5.73 Å². The van der Waals surface area contributed by atoms with Gasteiger partial charge in [-0.2, -0.15) is 0 Å². The van der Waals surface area contributed by atoms with Gasteiger partial charge in [-0.05, 0) is 43.1 Å². The van der Waals surface area contributed by atoms with Crippen LogP contribution in [0.25, 0.3) is 10.9 Å². The lowest BCUT2D eigenvalue weighted by molar-refractivity contribution is 0.319. The van der Waals surface area contributed by atoms with E-state index in [0.717, 1.165) is 25.2 Å². The Kier molecular flexibility index (Phi) is 3.26. The molecule has 0 bridgehead atoms. The van der Waals surface area contributed by atoms with Crippen LogP contribution in [0.2, 0.25) is 0 Å². The summed E-state index contributed by atoms with van der Waals surface area (Å²) in [5.41, 5.74) is 8.20. The van der Waals surface area contributed by atoms with Gasteiger partial charge in [0.1, 0.15) is 0 Å². The van der Waals surface area contributed by atoms with E-state index in [1.54, 1.807) is 0 Å². The lowest BCUT2D eigenvalue weighted by Gasteiger charge is -2.16. The molecule has 1 aliphatic heterocycles. The molecule has 1 saturated heterocycles. The second kappa shape index (κ2) is 5.04. The Morgan fingerprint density at radius 1 is 1.28 bits per heavy atom. The van der Waals surface area contributed by atoms with E-state index in [1.165, 1.54) is 23.9 Å². The predicted molar refractivity (Wildman–Crippen MR) is 74.2 cm³/mol. The van der Waals surface area contributed by atoms with Crippen molar-refractivity contribution >= 4 is 10.9 Å². The Morgan fingerprint density at radius 2 is 2.17 bits per heavy atom. The number of rotatable bonds is 3. The third-order valence-electron chi connectivity index (χ3n) is 3.84. The van der Waals surface area contributed by atoms with E-state index >= 15 is 0 Å². The Morgan fingerprint density at radius 3 is 3.00 bits per heavy atom. The minimum atomic E-state index is 0.679. The number of nitrogens with zero attached hydrogens (tertiary/aromatic N) is 2. The maximum absolute atomic E-state index is 5.74. The molecule has 0 spiro atoms. The van der Waals surface area contributed by atoms with Gasteiger partial charge in [-0.15, -0.1) is 0 Å². The lowest BCUT2D eigenvalue weighted by Crippen LogP contribution is -2.22. The Balaban J connectivity index is 1.83. The van der Waals surface area contributed by atoms with Crippen molar-refractivity contribution in [3.05, 3.63) is 42.1 Å². The first-order valence-electron chi connectivity index (χ1n) is 6.62. The highest BCUT2D eigenvalue weighted by Crippen LogP contribution is 2.21. The fourth-order valence-electron chi connectivity index (χ4n) is 2.78. The van der Waals surface area contributed by atoms with Gasteiger partial charge in [0.2, 0.25) is 0 Å². The van der Waals surface area contributed by atoms with Crippen LogP contribution in [0.4, 0.5) is 0 Å². The smallest absolute Gasteiger partial charge is 0.0705 e. The molecule has 1 aromatic heterocycles. The number of benzene rings is 1. The number of fused-ring (bicyclic) bond motifs is 1. The number of hydrogen-bond acceptors (Lipinski definition) is 3. The summed E-state index contributed by atoms with van der Waals surface area (Å²) in [6.45, 7) is 4.12. The van der Waals surface area contributed by atoms with Crippen molar-refractivity contribution in [2.24, 2.45) is 11.7 Å². The predicted octanol–water partition coefficient (Wildman–Crippen LogP) is 2.02. The van der Waals surface area contributed by atoms with Crippen LogP contribution in [-0.2, 0) is 6.54 Å². The van der Waals surface area contributed by atoms with Crippen LogP contribution in [0.15, 0.2) is 36.5 Å². The summed E-state index contributed by atoms with van der Waals surface area (Å²) in [6.07, 6.45) is 3.15. The molecule has 94 valence electrons. The molecule has 1 fully saturated rings. The summed E-state index contributed by atoms with van der Waals surface area (Å²) in [5.74, 6) is 0.679. The van der Waals surface area contributed by atoms with Crippen LogP contribution in [-0.4, -0.2) is 29.5 Å². The van der Waals surface area contributed by atoms with Crippen molar-refractivity contribution in [2.75, 3.05) is 19.6 Å². The molecule has 3 nitrogen and oxygen atoms in total. The zero-order chi connectivity index (χ0) is 12.4. The van der Waals surface area contributed by atoms with Gasteiger partial charge in [-0.25, -0.2) is 0 Å². The SMILES string of the molecule is NC[C@@H]1CCN(Cc2ccnc3ccccc23)C1. The summed E-state index contributed by atoms with van der Waals surface area (Å²) in [6, 6.07) is 10.5. The Bertz CT molecular complexity index is 533. The summed E-state index contributed by atoms with van der Waals surface area (Å²) >= 11 is 0. The maximum Gasteiger partial charge on any atom is 0.0705 e. The van der Waals surface area contributed by atoms with Gasteiger partial charge in [0, 0.05) is 24.7 Å². The Labute approximate surface area is 108 Å². The summed E-state index contributed by atoms with van der Waals surface area (Å²) in [7, 11) is 0. The van der Waals surface area contributed by atoms with Crippen molar-refractivity contribution < 1.29 is 0 Å². The van der Waals surface area contributed by atoms with Gasteiger partial charge in [-0.1, -0.05) is 18.2 Å². The van der Waals surface area contributed by atoms with E-state index in [9.17, 15) is 0 Å². The third kappa shape index (κ3) is 2.24. The van der Waals surface area contributed by atoms with Crippen molar-refractivity contribution in [3.8, 4) is 0 Å². The quantitative estimate of drug-likeness (QED) is 0.894. The van der Waals surface area contributed by atoms with Gasteiger partial charge >= 0.3 is 0 Å². The van der Waals surface area contributed by atoms with E-state index in [1.807, 2.05) is 12.3 Å². The van der Waals surface area contributed by atoms with Gasteiger partial charge in [-0.3, -0.25) is 9.88 Å². The molecule has 3 heteroatoms. The Hall–Kier alpha value is -1.45. The lowest BCUT2D eigenvalue weighted by atomic mass is 10.1. The van der Waals surface area contributed by atoms with Gasteiger partial charge in [0.05, 0.1) is 5.52 Å². The van der Waals surface area contributed by atoms with E-state index in [2.05, 4.69) is 34.1 Å². The number of para-hydroxylation sites is 1. The normalized spacial score (nSPS) is 20.6. The number of likely N-dealkylation sites (tertiary alicyclic amines) is 1. The van der Waals surface area contributed by atoms with Crippen LogP contribution in [0, 0.1) is 5.92 Å². The van der Waals surface area contributed by atoms with E-state index in [4.69, 9.17) is 5.73 Å². The molecule has 1 aliphatic rings. The van der Waals surface area contributed by atoms with Crippen molar-refractivity contribution in [2.45, 2.75) is 13.0 Å². The van der Waals surface area contributed by atoms with Crippen LogP contribution in [0.5, 0.6) is 0 Å². The van der Waals surface area contributed by atoms with E-state index in [-0.39, 0.29) is 0 Å². The average Bonchev–Trinajstić information content (AvgIpc) is 2.87. The third-order valence-corrected chi connectivity index (χ3v) is 3.84. The first kappa shape index (κ1) is 11.6. The summed E-state index contributed by atoms with van der Waals surface area (Å²) in [5, 5.41) is 1.27. The van der Waals surface area contributed by atoms with Gasteiger partial charge in [0.25, 0.3) is 0 Å². The highest BCUT2D eigenvalue weighted by Gasteiger charge is 2.21. The first-order valence-corrected chi connectivity index (χ1v) is 6.62. The molecule has 1 aromatic carbocycles. The second-order valence-electron chi connectivity index (χ2n) is 5.11. The molecular weight excluding hydrogens is 222 g/mol. The second-order valence-corrected chi connectivity index (χ2v) is 5.11. The van der Waals surface area contributed by atoms with Gasteiger partial charge in [0.15, 0.2) is 0 Å². The number of nitrogens with two attached hydrogens (primary N) is 1.